The summed E-state index contributed by atoms with van der Waals surface area (Å²) >= 11 is 1.29. The van der Waals surface area contributed by atoms with E-state index in [1.165, 1.54) is 29.5 Å². The number of ether oxygens (including phenoxy) is 2. The van der Waals surface area contributed by atoms with Crippen molar-refractivity contribution in [2.75, 3.05) is 18.5 Å². The zero-order valence-corrected chi connectivity index (χ0v) is 14.5. The summed E-state index contributed by atoms with van der Waals surface area (Å²) in [5, 5.41) is 3.04. The zero-order valence-electron chi connectivity index (χ0n) is 13.6. The van der Waals surface area contributed by atoms with Gasteiger partial charge in [0.15, 0.2) is 18.2 Å². The van der Waals surface area contributed by atoms with Crippen molar-refractivity contribution in [1.29, 1.82) is 0 Å². The summed E-state index contributed by atoms with van der Waals surface area (Å²) in [5.41, 5.74) is 1.11. The molecule has 0 radical (unpaired) electrons. The maximum absolute atomic E-state index is 13.5. The van der Waals surface area contributed by atoms with E-state index in [4.69, 9.17) is 9.47 Å². The predicted molar refractivity (Wildman–Crippen MR) is 90.3 cm³/mol. The Morgan fingerprint density at radius 2 is 1.96 bits per heavy atom. The first-order valence-electron chi connectivity index (χ1n) is 7.38. The van der Waals surface area contributed by atoms with E-state index < -0.39 is 17.7 Å². The minimum Gasteiger partial charge on any atom is -0.481 e. The maximum Gasteiger partial charge on any atom is 0.341 e. The van der Waals surface area contributed by atoms with E-state index in [1.54, 1.807) is 19.9 Å². The van der Waals surface area contributed by atoms with Crippen molar-refractivity contribution in [3.8, 4) is 5.75 Å². The molecule has 0 spiro atoms. The molecule has 1 amide bonds. The predicted octanol–water partition coefficient (Wildman–Crippen LogP) is 3.70. The van der Waals surface area contributed by atoms with Crippen molar-refractivity contribution < 1.29 is 23.5 Å². The third kappa shape index (κ3) is 4.11. The molecule has 0 bridgehead atoms. The minimum atomic E-state index is -0.541. The molecule has 1 N–H and O–H groups in total. The van der Waals surface area contributed by atoms with Gasteiger partial charge in [0, 0.05) is 4.88 Å². The van der Waals surface area contributed by atoms with Crippen molar-refractivity contribution in [2.45, 2.75) is 20.8 Å². The van der Waals surface area contributed by atoms with Crippen LogP contribution in [0.5, 0.6) is 5.75 Å². The summed E-state index contributed by atoms with van der Waals surface area (Å²) in [6, 6.07) is 5.83. The van der Waals surface area contributed by atoms with Crippen LogP contribution in [0.15, 0.2) is 24.3 Å². The van der Waals surface area contributed by atoms with Crippen LogP contribution >= 0.6 is 11.3 Å². The molecule has 0 aliphatic rings. The Bertz CT molecular complexity index is 757. The molecule has 0 saturated heterocycles. The second-order valence-electron chi connectivity index (χ2n) is 4.98. The lowest BCUT2D eigenvalue weighted by Gasteiger charge is -2.09. The monoisotopic (exact) mass is 351 g/mol. The largest absolute Gasteiger partial charge is 0.481 e. The molecular formula is C17H18FNO4S. The summed E-state index contributed by atoms with van der Waals surface area (Å²) in [6.45, 7) is 5.25. The number of hydrogen-bond acceptors (Lipinski definition) is 5. The van der Waals surface area contributed by atoms with Gasteiger partial charge >= 0.3 is 5.97 Å². The van der Waals surface area contributed by atoms with E-state index in [9.17, 15) is 14.0 Å². The number of thiophene rings is 1. The summed E-state index contributed by atoms with van der Waals surface area (Å²) in [5.74, 6) is -1.51. The first kappa shape index (κ1) is 17.9. The molecule has 7 heteroatoms. The van der Waals surface area contributed by atoms with Crippen LogP contribution in [0, 0.1) is 19.7 Å². The van der Waals surface area contributed by atoms with Crippen molar-refractivity contribution in [3.63, 3.8) is 0 Å². The van der Waals surface area contributed by atoms with Crippen molar-refractivity contribution >= 4 is 28.2 Å². The molecule has 128 valence electrons. The van der Waals surface area contributed by atoms with Crippen LogP contribution in [0.3, 0.4) is 0 Å². The molecule has 5 nitrogen and oxygen atoms in total. The number of amides is 1. The fraction of sp³-hybridized carbons (Fsp3) is 0.294. The lowest BCUT2D eigenvalue weighted by molar-refractivity contribution is -0.118. The molecule has 0 atom stereocenters. The molecule has 1 heterocycles. The quantitative estimate of drug-likeness (QED) is 0.806. The second kappa shape index (κ2) is 7.92. The SMILES string of the molecule is CCOC(=O)c1c(NC(=O)COc2ccccc2F)sc(C)c1C. The summed E-state index contributed by atoms with van der Waals surface area (Å²) < 4.78 is 23.6. The molecule has 0 saturated carbocycles. The lowest BCUT2D eigenvalue weighted by Crippen LogP contribution is -2.21. The van der Waals surface area contributed by atoms with Gasteiger partial charge < -0.3 is 14.8 Å². The van der Waals surface area contributed by atoms with E-state index in [-0.39, 0.29) is 19.0 Å². The third-order valence-corrected chi connectivity index (χ3v) is 4.44. The van der Waals surface area contributed by atoms with Gasteiger partial charge in [-0.2, -0.15) is 0 Å². The average molecular weight is 351 g/mol. The fourth-order valence-corrected chi connectivity index (χ4v) is 3.10. The highest BCUT2D eigenvalue weighted by atomic mass is 32.1. The fourth-order valence-electron chi connectivity index (χ4n) is 2.03. The lowest BCUT2D eigenvalue weighted by atomic mass is 10.1. The number of rotatable bonds is 6. The number of benzene rings is 1. The van der Waals surface area contributed by atoms with Gasteiger partial charge in [-0.05, 0) is 38.5 Å². The number of nitrogens with one attached hydrogen (secondary N) is 1. The molecule has 24 heavy (non-hydrogen) atoms. The van der Waals surface area contributed by atoms with Crippen LogP contribution in [0.25, 0.3) is 0 Å². The summed E-state index contributed by atoms with van der Waals surface area (Å²) in [4.78, 5) is 25.0. The molecule has 0 aliphatic carbocycles. The Morgan fingerprint density at radius 1 is 1.25 bits per heavy atom. The number of carbonyl (C=O) groups is 2. The number of hydrogen-bond donors (Lipinski definition) is 1. The van der Waals surface area contributed by atoms with Crippen LogP contribution in [0.2, 0.25) is 0 Å². The van der Waals surface area contributed by atoms with Crippen LogP contribution in [-0.4, -0.2) is 25.1 Å². The van der Waals surface area contributed by atoms with Crippen LogP contribution in [-0.2, 0) is 9.53 Å². The van der Waals surface area contributed by atoms with E-state index in [2.05, 4.69) is 5.32 Å². The molecule has 0 fully saturated rings. The van der Waals surface area contributed by atoms with Crippen molar-refractivity contribution in [1.82, 2.24) is 0 Å². The molecule has 2 aromatic rings. The van der Waals surface area contributed by atoms with Crippen LogP contribution in [0.4, 0.5) is 9.39 Å². The van der Waals surface area contributed by atoms with Crippen LogP contribution in [0.1, 0.15) is 27.7 Å². The van der Waals surface area contributed by atoms with E-state index >= 15 is 0 Å². The molecular weight excluding hydrogens is 333 g/mol. The Balaban J connectivity index is 2.08. The van der Waals surface area contributed by atoms with Gasteiger partial charge in [0.2, 0.25) is 0 Å². The highest BCUT2D eigenvalue weighted by Crippen LogP contribution is 2.33. The van der Waals surface area contributed by atoms with E-state index in [1.807, 2.05) is 6.92 Å². The molecule has 0 aliphatic heterocycles. The molecule has 2 rings (SSSR count). The van der Waals surface area contributed by atoms with E-state index in [0.717, 1.165) is 10.4 Å². The highest BCUT2D eigenvalue weighted by molar-refractivity contribution is 7.16. The number of carbonyl (C=O) groups excluding carboxylic acids is 2. The van der Waals surface area contributed by atoms with Gasteiger partial charge in [0.25, 0.3) is 5.91 Å². The highest BCUT2D eigenvalue weighted by Gasteiger charge is 2.22. The number of para-hydroxylation sites is 1. The standard InChI is InChI=1S/C17H18FNO4S/c1-4-22-17(21)15-10(2)11(3)24-16(15)19-14(20)9-23-13-8-6-5-7-12(13)18/h5-8H,4,9H2,1-3H3,(H,19,20). The Hall–Kier alpha value is -2.41. The summed E-state index contributed by atoms with van der Waals surface area (Å²) in [6.07, 6.45) is 0. The Kier molecular flexibility index (Phi) is 5.92. The molecule has 0 unspecified atom stereocenters. The molecule has 1 aromatic heterocycles. The Morgan fingerprint density at radius 3 is 2.62 bits per heavy atom. The minimum absolute atomic E-state index is 0.00296. The van der Waals surface area contributed by atoms with Crippen molar-refractivity contribution in [3.05, 3.63) is 46.1 Å². The topological polar surface area (TPSA) is 64.6 Å². The number of aryl methyl sites for hydroxylation is 1. The summed E-state index contributed by atoms with van der Waals surface area (Å²) in [7, 11) is 0. The van der Waals surface area contributed by atoms with Gasteiger partial charge in [0.05, 0.1) is 12.2 Å². The first-order valence-corrected chi connectivity index (χ1v) is 8.20. The van der Waals surface area contributed by atoms with Crippen LogP contribution < -0.4 is 10.1 Å². The van der Waals surface area contributed by atoms with E-state index in [0.29, 0.717) is 10.6 Å². The average Bonchev–Trinajstić information content (AvgIpc) is 2.81. The second-order valence-corrected chi connectivity index (χ2v) is 6.20. The van der Waals surface area contributed by atoms with Gasteiger partial charge in [0.1, 0.15) is 5.00 Å². The zero-order chi connectivity index (χ0) is 17.7. The van der Waals surface area contributed by atoms with Gasteiger partial charge in [-0.1, -0.05) is 12.1 Å². The third-order valence-electron chi connectivity index (χ3n) is 3.31. The molecule has 1 aromatic carbocycles. The normalized spacial score (nSPS) is 10.3. The number of halogens is 1. The maximum atomic E-state index is 13.5. The smallest absolute Gasteiger partial charge is 0.341 e. The van der Waals surface area contributed by atoms with Gasteiger partial charge in [-0.15, -0.1) is 11.3 Å². The van der Waals surface area contributed by atoms with Gasteiger partial charge in [-0.25, -0.2) is 9.18 Å². The number of anilines is 1. The van der Waals surface area contributed by atoms with Gasteiger partial charge in [-0.3, -0.25) is 4.79 Å². The van der Waals surface area contributed by atoms with Crippen molar-refractivity contribution in [2.24, 2.45) is 0 Å². The number of esters is 1. The Labute approximate surface area is 143 Å². The first-order chi connectivity index (χ1) is 11.4.